The van der Waals surface area contributed by atoms with Gasteiger partial charge in [-0.15, -0.1) is 23.2 Å². The minimum absolute atomic E-state index is 0.347. The van der Waals surface area contributed by atoms with Gasteiger partial charge in [0.2, 0.25) is 0 Å². The van der Waals surface area contributed by atoms with Crippen LogP contribution in [0.1, 0.15) is 12.0 Å². The second-order valence-electron chi connectivity index (χ2n) is 3.67. The van der Waals surface area contributed by atoms with Gasteiger partial charge in [-0.1, -0.05) is 30.4 Å². The number of alkyl halides is 2. The number of benzene rings is 1. The van der Waals surface area contributed by atoms with Crippen molar-refractivity contribution in [2.75, 3.05) is 5.32 Å². The molecule has 1 atom stereocenters. The molecule has 0 saturated heterocycles. The van der Waals surface area contributed by atoms with Crippen LogP contribution in [0, 0.1) is 0 Å². The lowest BCUT2D eigenvalue weighted by Crippen LogP contribution is -2.23. The zero-order valence-corrected chi connectivity index (χ0v) is 9.80. The van der Waals surface area contributed by atoms with Gasteiger partial charge in [0.1, 0.15) is 4.84 Å². The molecule has 1 aliphatic rings. The van der Waals surface area contributed by atoms with Crippen LogP contribution >= 0.6 is 23.2 Å². The van der Waals surface area contributed by atoms with E-state index < -0.39 is 4.84 Å². The Bertz CT molecular complexity index is 360. The molecule has 80 valence electrons. The highest BCUT2D eigenvalue weighted by molar-refractivity contribution is 6.45. The van der Waals surface area contributed by atoms with Gasteiger partial charge in [-0.3, -0.25) is 0 Å². The third-order valence-corrected chi connectivity index (χ3v) is 2.86. The largest absolute Gasteiger partial charge is 0.379 e. The van der Waals surface area contributed by atoms with Gasteiger partial charge in [0.15, 0.2) is 0 Å². The highest BCUT2D eigenvalue weighted by Gasteiger charge is 2.14. The second kappa shape index (κ2) is 4.91. The van der Waals surface area contributed by atoms with Crippen LogP contribution in [-0.4, -0.2) is 10.9 Å². The first-order chi connectivity index (χ1) is 7.25. The molecular formula is C12H13Cl2N. The summed E-state index contributed by atoms with van der Waals surface area (Å²) in [4.78, 5) is -0.413. The van der Waals surface area contributed by atoms with Crippen LogP contribution in [0.5, 0.6) is 0 Å². The average Bonchev–Trinajstić information content (AvgIpc) is 2.26. The highest BCUT2D eigenvalue weighted by atomic mass is 35.5. The first kappa shape index (κ1) is 10.8. The number of anilines is 1. The molecule has 1 N–H and O–H groups in total. The van der Waals surface area contributed by atoms with Gasteiger partial charge in [-0.25, -0.2) is 0 Å². The van der Waals surface area contributed by atoms with Gasteiger partial charge in [0.05, 0.1) is 0 Å². The molecule has 2 rings (SSSR count). The molecule has 1 aromatic carbocycles. The summed E-state index contributed by atoms with van der Waals surface area (Å²) in [6.07, 6.45) is 6.05. The van der Waals surface area contributed by atoms with Gasteiger partial charge >= 0.3 is 0 Å². The molecule has 15 heavy (non-hydrogen) atoms. The van der Waals surface area contributed by atoms with Crippen LogP contribution in [0.4, 0.5) is 5.69 Å². The summed E-state index contributed by atoms with van der Waals surface area (Å²) in [6, 6.07) is 8.73. The standard InChI is InChI=1S/C12H13Cl2N/c13-12(14)8-7-10-6-5-9-3-1-2-4-11(9)15-10/h1-4,7-8,10,12,15H,5-6H2/b8-7+/t10-/m1/s1. The molecule has 0 unspecified atom stereocenters. The lowest BCUT2D eigenvalue weighted by atomic mass is 9.98. The van der Waals surface area contributed by atoms with Crippen molar-refractivity contribution in [3.05, 3.63) is 42.0 Å². The lowest BCUT2D eigenvalue weighted by molar-refractivity contribution is 0.730. The van der Waals surface area contributed by atoms with Crippen molar-refractivity contribution in [1.29, 1.82) is 0 Å². The predicted molar refractivity (Wildman–Crippen MR) is 66.8 cm³/mol. The van der Waals surface area contributed by atoms with Gasteiger partial charge in [0.25, 0.3) is 0 Å². The molecule has 0 aliphatic carbocycles. The van der Waals surface area contributed by atoms with Crippen molar-refractivity contribution in [3.8, 4) is 0 Å². The summed E-state index contributed by atoms with van der Waals surface area (Å²) < 4.78 is 0. The number of para-hydroxylation sites is 1. The zero-order chi connectivity index (χ0) is 10.7. The lowest BCUT2D eigenvalue weighted by Gasteiger charge is -2.24. The molecule has 3 heteroatoms. The predicted octanol–water partition coefficient (Wildman–Crippen LogP) is 3.77. The molecule has 0 spiro atoms. The Balaban J connectivity index is 2.06. The van der Waals surface area contributed by atoms with Gasteiger partial charge < -0.3 is 5.32 Å². The maximum Gasteiger partial charge on any atom is 0.126 e. The summed E-state index contributed by atoms with van der Waals surface area (Å²) in [5, 5.41) is 3.45. The molecule has 0 aromatic heterocycles. The van der Waals surface area contributed by atoms with Crippen molar-refractivity contribution in [1.82, 2.24) is 0 Å². The monoisotopic (exact) mass is 241 g/mol. The molecule has 1 heterocycles. The third-order valence-electron chi connectivity index (χ3n) is 2.57. The van der Waals surface area contributed by atoms with Crippen LogP contribution in [-0.2, 0) is 6.42 Å². The quantitative estimate of drug-likeness (QED) is 0.614. The van der Waals surface area contributed by atoms with E-state index in [0.717, 1.165) is 12.8 Å². The Labute approximate surface area is 100 Å². The van der Waals surface area contributed by atoms with Gasteiger partial charge in [-0.05, 0) is 24.5 Å². The zero-order valence-electron chi connectivity index (χ0n) is 8.29. The van der Waals surface area contributed by atoms with Crippen LogP contribution in [0.15, 0.2) is 36.4 Å². The van der Waals surface area contributed by atoms with Crippen molar-refractivity contribution in [3.63, 3.8) is 0 Å². The topological polar surface area (TPSA) is 12.0 Å². The Hall–Kier alpha value is -0.660. The minimum atomic E-state index is -0.413. The fourth-order valence-electron chi connectivity index (χ4n) is 1.82. The first-order valence-corrected chi connectivity index (χ1v) is 5.94. The summed E-state index contributed by atoms with van der Waals surface area (Å²) in [6.45, 7) is 0. The molecule has 1 aliphatic heterocycles. The van der Waals surface area contributed by atoms with Crippen molar-refractivity contribution >= 4 is 28.9 Å². The molecule has 0 amide bonds. The van der Waals surface area contributed by atoms with Crippen LogP contribution < -0.4 is 5.32 Å². The molecule has 1 nitrogen and oxygen atoms in total. The molecule has 0 radical (unpaired) electrons. The second-order valence-corrected chi connectivity index (χ2v) is 4.83. The van der Waals surface area contributed by atoms with E-state index >= 15 is 0 Å². The van der Waals surface area contributed by atoms with E-state index in [1.807, 2.05) is 18.2 Å². The number of hydrogen-bond donors (Lipinski definition) is 1. The van der Waals surface area contributed by atoms with Crippen LogP contribution in [0.3, 0.4) is 0 Å². The SMILES string of the molecule is ClC(Cl)/C=C/[C@H]1CCc2ccccc2N1. The molecule has 0 saturated carbocycles. The average molecular weight is 242 g/mol. The Morgan fingerprint density at radius 2 is 2.13 bits per heavy atom. The smallest absolute Gasteiger partial charge is 0.126 e. The summed E-state index contributed by atoms with van der Waals surface area (Å²) >= 11 is 11.3. The number of rotatable bonds is 2. The summed E-state index contributed by atoms with van der Waals surface area (Å²) in [5.41, 5.74) is 2.61. The number of nitrogens with one attached hydrogen (secondary N) is 1. The van der Waals surface area contributed by atoms with E-state index in [2.05, 4.69) is 23.5 Å². The highest BCUT2D eigenvalue weighted by Crippen LogP contribution is 2.24. The molecular weight excluding hydrogens is 229 g/mol. The number of fused-ring (bicyclic) bond motifs is 1. The molecule has 0 bridgehead atoms. The minimum Gasteiger partial charge on any atom is -0.379 e. The van der Waals surface area contributed by atoms with E-state index in [4.69, 9.17) is 23.2 Å². The van der Waals surface area contributed by atoms with Crippen molar-refractivity contribution < 1.29 is 0 Å². The summed E-state index contributed by atoms with van der Waals surface area (Å²) in [5.74, 6) is 0. The van der Waals surface area contributed by atoms with Gasteiger partial charge in [0, 0.05) is 11.7 Å². The number of halogens is 2. The van der Waals surface area contributed by atoms with Gasteiger partial charge in [-0.2, -0.15) is 0 Å². The molecule has 0 fully saturated rings. The maximum absolute atomic E-state index is 5.65. The number of allylic oxidation sites excluding steroid dienone is 1. The normalized spacial score (nSPS) is 20.3. The Morgan fingerprint density at radius 1 is 1.33 bits per heavy atom. The number of hydrogen-bond acceptors (Lipinski definition) is 1. The summed E-state index contributed by atoms with van der Waals surface area (Å²) in [7, 11) is 0. The van der Waals surface area contributed by atoms with Crippen LogP contribution in [0.2, 0.25) is 0 Å². The fourth-order valence-corrected chi connectivity index (χ4v) is 1.99. The van der Waals surface area contributed by atoms with E-state index in [0.29, 0.717) is 6.04 Å². The van der Waals surface area contributed by atoms with E-state index in [-0.39, 0.29) is 0 Å². The van der Waals surface area contributed by atoms with E-state index in [1.165, 1.54) is 11.3 Å². The van der Waals surface area contributed by atoms with Crippen molar-refractivity contribution in [2.45, 2.75) is 23.7 Å². The van der Waals surface area contributed by atoms with E-state index in [9.17, 15) is 0 Å². The number of aryl methyl sites for hydroxylation is 1. The van der Waals surface area contributed by atoms with Crippen LogP contribution in [0.25, 0.3) is 0 Å². The third kappa shape index (κ3) is 2.90. The Kier molecular flexibility index (Phi) is 3.55. The Morgan fingerprint density at radius 3 is 2.93 bits per heavy atom. The first-order valence-electron chi connectivity index (χ1n) is 5.06. The van der Waals surface area contributed by atoms with E-state index in [1.54, 1.807) is 0 Å². The van der Waals surface area contributed by atoms with Crippen molar-refractivity contribution in [2.24, 2.45) is 0 Å². The molecule has 1 aromatic rings. The maximum atomic E-state index is 5.65. The fraction of sp³-hybridized carbons (Fsp3) is 0.333.